The Bertz CT molecular complexity index is 1170. The van der Waals surface area contributed by atoms with Crippen LogP contribution in [0.15, 0.2) is 64.3 Å². The molecule has 1 aromatic carbocycles. The van der Waals surface area contributed by atoms with Gasteiger partial charge in [-0.05, 0) is 37.3 Å². The number of ether oxygens (including phenoxy) is 2. The Morgan fingerprint density at radius 1 is 1.18 bits per heavy atom. The fourth-order valence-electron chi connectivity index (χ4n) is 4.44. The minimum absolute atomic E-state index is 0.0541. The molecule has 0 spiro atoms. The molecule has 1 N–H and O–H groups in total. The average molecular weight is 469 g/mol. The largest absolute Gasteiger partial charge is 0.466 e. The van der Waals surface area contributed by atoms with Gasteiger partial charge in [0.15, 0.2) is 0 Å². The van der Waals surface area contributed by atoms with Crippen LogP contribution in [-0.2, 0) is 19.1 Å². The molecule has 8 nitrogen and oxygen atoms in total. The average Bonchev–Trinajstić information content (AvgIpc) is 3.41. The first kappa shape index (κ1) is 22.7. The monoisotopic (exact) mass is 468 g/mol. The molecule has 3 atom stereocenters. The van der Waals surface area contributed by atoms with Crippen LogP contribution in [0.3, 0.4) is 0 Å². The first-order valence-electron chi connectivity index (χ1n) is 10.6. The van der Waals surface area contributed by atoms with Gasteiger partial charge in [0.2, 0.25) is 0 Å². The summed E-state index contributed by atoms with van der Waals surface area (Å²) in [6.45, 7) is 3.62. The molecular weight excluding hydrogens is 444 g/mol. The van der Waals surface area contributed by atoms with E-state index >= 15 is 0 Å². The summed E-state index contributed by atoms with van der Waals surface area (Å²) in [4.78, 5) is 38.3. The molecule has 172 valence electrons. The van der Waals surface area contributed by atoms with Crippen molar-refractivity contribution in [1.29, 1.82) is 0 Å². The van der Waals surface area contributed by atoms with E-state index in [9.17, 15) is 19.7 Å². The molecule has 2 aromatic rings. The molecule has 1 fully saturated rings. The van der Waals surface area contributed by atoms with E-state index in [2.05, 4.69) is 11.4 Å². The molecule has 0 saturated heterocycles. The maximum Gasteiger partial charge on any atom is 0.336 e. The fourth-order valence-corrected chi connectivity index (χ4v) is 5.35. The van der Waals surface area contributed by atoms with E-state index in [1.807, 2.05) is 11.4 Å². The van der Waals surface area contributed by atoms with Gasteiger partial charge >= 0.3 is 11.9 Å². The minimum Gasteiger partial charge on any atom is -0.466 e. The smallest absolute Gasteiger partial charge is 0.336 e. The lowest BCUT2D eigenvalue weighted by atomic mass is 9.79. The van der Waals surface area contributed by atoms with Crippen LogP contribution in [0.4, 0.5) is 5.69 Å². The number of benzene rings is 1. The summed E-state index contributed by atoms with van der Waals surface area (Å²) in [6, 6.07) is 10.1. The van der Waals surface area contributed by atoms with E-state index in [-0.39, 0.29) is 29.7 Å². The third-order valence-electron chi connectivity index (χ3n) is 5.98. The fraction of sp³-hybridized carbons (Fsp3) is 0.333. The minimum atomic E-state index is -0.850. The number of nitro benzene ring substituents is 1. The van der Waals surface area contributed by atoms with Crippen LogP contribution >= 0.6 is 11.3 Å². The lowest BCUT2D eigenvalue weighted by Crippen LogP contribution is -2.34. The Morgan fingerprint density at radius 3 is 2.61 bits per heavy atom. The van der Waals surface area contributed by atoms with Gasteiger partial charge in [0.1, 0.15) is 0 Å². The molecule has 0 amide bonds. The third-order valence-corrected chi connectivity index (χ3v) is 6.98. The number of carbonyl (C=O) groups excluding carboxylic acids is 2. The van der Waals surface area contributed by atoms with Gasteiger partial charge in [0, 0.05) is 40.2 Å². The number of methoxy groups -OCH3 is 1. The molecule has 1 unspecified atom stereocenters. The number of hydrogen-bond acceptors (Lipinski definition) is 8. The molecule has 1 aromatic heterocycles. The van der Waals surface area contributed by atoms with Gasteiger partial charge < -0.3 is 14.8 Å². The first-order chi connectivity index (χ1) is 15.9. The van der Waals surface area contributed by atoms with E-state index in [1.165, 1.54) is 24.1 Å². The summed E-state index contributed by atoms with van der Waals surface area (Å²) in [6.07, 6.45) is 0.855. The van der Waals surface area contributed by atoms with Crippen LogP contribution in [-0.4, -0.2) is 30.6 Å². The summed E-state index contributed by atoms with van der Waals surface area (Å²) in [5, 5.41) is 16.7. The van der Waals surface area contributed by atoms with Gasteiger partial charge in [-0.1, -0.05) is 18.2 Å². The number of hydrogen-bond donors (Lipinski definition) is 1. The highest BCUT2D eigenvalue weighted by Gasteiger charge is 2.48. The number of carbonyl (C=O) groups is 2. The van der Waals surface area contributed by atoms with Crippen molar-refractivity contribution in [3.63, 3.8) is 0 Å². The molecule has 0 bridgehead atoms. The van der Waals surface area contributed by atoms with Crippen LogP contribution in [0.25, 0.3) is 0 Å². The van der Waals surface area contributed by atoms with E-state index in [1.54, 1.807) is 37.3 Å². The second-order valence-corrected chi connectivity index (χ2v) is 8.93. The normalized spacial score (nSPS) is 22.0. The summed E-state index contributed by atoms with van der Waals surface area (Å²) < 4.78 is 10.4. The molecule has 0 radical (unpaired) electrons. The zero-order valence-corrected chi connectivity index (χ0v) is 19.3. The molecular formula is C24H24N2O6S. The third kappa shape index (κ3) is 4.28. The predicted octanol–water partition coefficient (Wildman–Crippen LogP) is 4.41. The number of nitrogens with one attached hydrogen (secondary N) is 1. The topological polar surface area (TPSA) is 108 Å². The Labute approximate surface area is 195 Å². The predicted molar refractivity (Wildman–Crippen MR) is 123 cm³/mol. The SMILES string of the molecule is CCOC(=O)C1=C([C@@H]2C[C@H]2c2cccs2)NC(C)=C(C(=O)OC)C1c1cccc([N+](=O)[O-])c1. The second kappa shape index (κ2) is 9.19. The van der Waals surface area contributed by atoms with Gasteiger partial charge in [0.05, 0.1) is 35.7 Å². The number of thiophene rings is 1. The summed E-state index contributed by atoms with van der Waals surface area (Å²) in [5.74, 6) is -1.70. The highest BCUT2D eigenvalue weighted by Crippen LogP contribution is 2.55. The first-order valence-corrected chi connectivity index (χ1v) is 11.5. The van der Waals surface area contributed by atoms with Crippen molar-refractivity contribution in [2.75, 3.05) is 13.7 Å². The zero-order chi connectivity index (χ0) is 23.7. The highest BCUT2D eigenvalue weighted by atomic mass is 32.1. The number of non-ortho nitro benzene ring substituents is 1. The van der Waals surface area contributed by atoms with Crippen molar-refractivity contribution < 1.29 is 24.0 Å². The molecule has 9 heteroatoms. The molecule has 1 aliphatic carbocycles. The maximum atomic E-state index is 13.3. The van der Waals surface area contributed by atoms with Crippen LogP contribution < -0.4 is 5.32 Å². The van der Waals surface area contributed by atoms with Gasteiger partial charge in [0.25, 0.3) is 5.69 Å². The quantitative estimate of drug-likeness (QED) is 0.364. The van der Waals surface area contributed by atoms with Crippen molar-refractivity contribution >= 4 is 29.0 Å². The Balaban J connectivity index is 1.89. The Hall–Kier alpha value is -3.46. The van der Waals surface area contributed by atoms with Crippen LogP contribution in [0.5, 0.6) is 0 Å². The van der Waals surface area contributed by atoms with Crippen molar-refractivity contribution in [2.24, 2.45) is 5.92 Å². The van der Waals surface area contributed by atoms with Crippen molar-refractivity contribution in [3.8, 4) is 0 Å². The van der Waals surface area contributed by atoms with E-state index in [0.717, 1.165) is 6.42 Å². The molecule has 33 heavy (non-hydrogen) atoms. The molecule has 4 rings (SSSR count). The standard InChI is InChI=1S/C24H24N2O6S/c1-4-32-24(28)21-20(14-7-5-8-15(11-14)26(29)30)19(23(27)31-3)13(2)25-22(21)17-12-16(17)18-9-6-10-33-18/h5-11,16-17,20,25H,4,12H2,1-3H3/t16-,17-,20?/m1/s1. The van der Waals surface area contributed by atoms with Crippen molar-refractivity contribution in [1.82, 2.24) is 5.32 Å². The van der Waals surface area contributed by atoms with E-state index in [4.69, 9.17) is 9.47 Å². The maximum absolute atomic E-state index is 13.3. The summed E-state index contributed by atoms with van der Waals surface area (Å²) >= 11 is 1.67. The molecule has 2 heterocycles. The number of dihydropyridines is 1. The number of allylic oxidation sites excluding steroid dienone is 2. The molecule has 1 aliphatic heterocycles. The van der Waals surface area contributed by atoms with Crippen LogP contribution in [0.1, 0.15) is 42.5 Å². The highest BCUT2D eigenvalue weighted by molar-refractivity contribution is 7.10. The lowest BCUT2D eigenvalue weighted by Gasteiger charge is -2.31. The number of esters is 2. The zero-order valence-electron chi connectivity index (χ0n) is 18.5. The van der Waals surface area contributed by atoms with Crippen LogP contribution in [0, 0.1) is 16.0 Å². The van der Waals surface area contributed by atoms with Crippen molar-refractivity contribution in [2.45, 2.75) is 32.1 Å². The number of nitrogens with zero attached hydrogens (tertiary/aromatic N) is 1. The van der Waals surface area contributed by atoms with Gasteiger partial charge in [-0.2, -0.15) is 0 Å². The van der Waals surface area contributed by atoms with Crippen molar-refractivity contribution in [3.05, 3.63) is 84.9 Å². The lowest BCUT2D eigenvalue weighted by molar-refractivity contribution is -0.384. The number of rotatable bonds is 7. The van der Waals surface area contributed by atoms with Gasteiger partial charge in [-0.3, -0.25) is 10.1 Å². The van der Waals surface area contributed by atoms with Crippen LogP contribution in [0.2, 0.25) is 0 Å². The van der Waals surface area contributed by atoms with Gasteiger partial charge in [-0.15, -0.1) is 11.3 Å². The Morgan fingerprint density at radius 2 is 1.97 bits per heavy atom. The Kier molecular flexibility index (Phi) is 6.33. The van der Waals surface area contributed by atoms with E-state index in [0.29, 0.717) is 22.5 Å². The summed E-state index contributed by atoms with van der Waals surface area (Å²) in [5.41, 5.74) is 2.12. The molecule has 1 saturated carbocycles. The van der Waals surface area contributed by atoms with E-state index < -0.39 is 22.8 Å². The summed E-state index contributed by atoms with van der Waals surface area (Å²) in [7, 11) is 1.27. The number of nitro groups is 1. The molecule has 2 aliphatic rings. The second-order valence-electron chi connectivity index (χ2n) is 7.95. The van der Waals surface area contributed by atoms with Gasteiger partial charge in [-0.25, -0.2) is 9.59 Å².